The van der Waals surface area contributed by atoms with E-state index in [1.165, 1.54) is 110 Å². The number of hydrogen-bond donors (Lipinski definition) is 0. The van der Waals surface area contributed by atoms with E-state index in [2.05, 4.69) is 136 Å². The van der Waals surface area contributed by atoms with Crippen molar-refractivity contribution >= 4 is 113 Å². The van der Waals surface area contributed by atoms with Crippen molar-refractivity contribution in [1.82, 2.24) is 0 Å². The van der Waals surface area contributed by atoms with Gasteiger partial charge in [-0.2, -0.15) is 0 Å². The monoisotopic (exact) mass is 906 g/mol. The molecule has 0 aromatic carbocycles. The van der Waals surface area contributed by atoms with Gasteiger partial charge in [0.15, 0.2) is 0 Å². The summed E-state index contributed by atoms with van der Waals surface area (Å²) < 4.78 is 0. The Bertz CT molecular complexity index is 2940. The van der Waals surface area contributed by atoms with Crippen LogP contribution in [0.5, 0.6) is 0 Å². The van der Waals surface area contributed by atoms with Gasteiger partial charge in [0.2, 0.25) is 0 Å². The summed E-state index contributed by atoms with van der Waals surface area (Å²) in [6, 6.07) is 37.1. The first-order valence-corrected chi connectivity index (χ1v) is 26.7. The summed E-state index contributed by atoms with van der Waals surface area (Å²) in [6.45, 7) is 9.02. The summed E-state index contributed by atoms with van der Waals surface area (Å²) in [5.41, 5.74) is 5.62. The first-order chi connectivity index (χ1) is 27.4. The van der Waals surface area contributed by atoms with Crippen molar-refractivity contribution in [2.45, 2.75) is 40.5 Å². The summed E-state index contributed by atoms with van der Waals surface area (Å²) in [4.78, 5) is 24.7. The highest BCUT2D eigenvalue weighted by molar-refractivity contribution is 7.32. The van der Waals surface area contributed by atoms with E-state index in [1.54, 1.807) is 0 Å². The van der Waals surface area contributed by atoms with Crippen LogP contribution < -0.4 is 0 Å². The standard InChI is InChI=1S/C46H34S10/c1-5-27-20-22-48-45(27)39-17-13-35(53-39)31-9-10-32(50-31)36-14-18-40(54-36)46-28(6-2)24-42(56-46)41-23-26(4)44(55-41)38-16-12-34(52-38)30-8-7-29(49-30)33-11-15-37(51-33)43-25(3)19-21-47-43/h7-24H,5-6H2,1-4H3. The summed E-state index contributed by atoms with van der Waals surface area (Å²) >= 11 is 19.1. The number of aryl methyl sites for hydroxylation is 4. The van der Waals surface area contributed by atoms with Crippen LogP contribution in [-0.4, -0.2) is 0 Å². The average Bonchev–Trinajstić information content (AvgIpc) is 4.06. The highest BCUT2D eigenvalue weighted by Crippen LogP contribution is 2.50. The van der Waals surface area contributed by atoms with E-state index in [1.807, 2.05) is 113 Å². The minimum Gasteiger partial charge on any atom is -0.143 e. The Kier molecular flexibility index (Phi) is 10.4. The third kappa shape index (κ3) is 7.00. The Morgan fingerprint density at radius 2 is 0.679 bits per heavy atom. The predicted octanol–water partition coefficient (Wildman–Crippen LogP) is 19.0. The quantitative estimate of drug-likeness (QED) is 0.121. The lowest BCUT2D eigenvalue weighted by atomic mass is 10.1. The van der Waals surface area contributed by atoms with E-state index in [4.69, 9.17) is 0 Å². The SMILES string of the molecule is CCc1ccsc1-c1ccc(-c2ccc(-c3ccc(-c4sc(-c5cc(C)c(-c6ccc(-c7ccc(-c8ccc(-c9sccc9C)s8)s7)s6)s5)cc4CC)s3)s2)s1. The normalized spacial score (nSPS) is 11.7. The molecule has 56 heavy (non-hydrogen) atoms. The molecule has 10 heteroatoms. The fraction of sp³-hybridized carbons (Fsp3) is 0.130. The Morgan fingerprint density at radius 3 is 1.16 bits per heavy atom. The van der Waals surface area contributed by atoms with Gasteiger partial charge in [0.05, 0.1) is 0 Å². The average molecular weight is 907 g/mol. The molecule has 10 heterocycles. The predicted molar refractivity (Wildman–Crippen MR) is 262 cm³/mol. The van der Waals surface area contributed by atoms with Gasteiger partial charge in [-0.05, 0) is 157 Å². The third-order valence-electron chi connectivity index (χ3n) is 9.84. The molecule has 10 aromatic heterocycles. The van der Waals surface area contributed by atoms with Crippen LogP contribution in [0.15, 0.2) is 108 Å². The molecule has 0 unspecified atom stereocenters. The van der Waals surface area contributed by atoms with Gasteiger partial charge in [-0.3, -0.25) is 0 Å². The molecule has 0 radical (unpaired) electrons. The lowest BCUT2D eigenvalue weighted by Gasteiger charge is -1.97. The van der Waals surface area contributed by atoms with Crippen LogP contribution in [0.3, 0.4) is 0 Å². The fourth-order valence-electron chi connectivity index (χ4n) is 6.90. The number of hydrogen-bond acceptors (Lipinski definition) is 10. The van der Waals surface area contributed by atoms with Crippen molar-refractivity contribution < 1.29 is 0 Å². The van der Waals surface area contributed by atoms with Gasteiger partial charge in [0, 0.05) is 87.8 Å². The lowest BCUT2D eigenvalue weighted by molar-refractivity contribution is 1.16. The Morgan fingerprint density at radius 1 is 0.304 bits per heavy atom. The Hall–Kier alpha value is -3.00. The van der Waals surface area contributed by atoms with Crippen LogP contribution in [-0.2, 0) is 12.8 Å². The minimum atomic E-state index is 1.03. The second kappa shape index (κ2) is 15.6. The molecular formula is C46H34S10. The smallest absolute Gasteiger partial charge is 0.0481 e. The molecule has 0 aliphatic rings. The Labute approximate surface area is 368 Å². The van der Waals surface area contributed by atoms with Crippen LogP contribution >= 0.6 is 113 Å². The lowest BCUT2D eigenvalue weighted by Crippen LogP contribution is -1.76. The minimum absolute atomic E-state index is 1.03. The molecule has 0 saturated carbocycles. The molecule has 0 N–H and O–H groups in total. The van der Waals surface area contributed by atoms with E-state index in [9.17, 15) is 0 Å². The summed E-state index contributed by atoms with van der Waals surface area (Å²) in [5.74, 6) is 0. The molecule has 0 aliphatic heterocycles. The molecular weight excluding hydrogens is 873 g/mol. The molecule has 0 bridgehead atoms. The van der Waals surface area contributed by atoms with E-state index in [-0.39, 0.29) is 0 Å². The zero-order chi connectivity index (χ0) is 37.9. The fourth-order valence-corrected chi connectivity index (χ4v) is 18.4. The van der Waals surface area contributed by atoms with Crippen LogP contribution in [0.2, 0.25) is 0 Å². The highest BCUT2D eigenvalue weighted by Gasteiger charge is 2.20. The first-order valence-electron chi connectivity index (χ1n) is 18.4. The molecule has 0 fully saturated rings. The second-order valence-electron chi connectivity index (χ2n) is 13.5. The Balaban J connectivity index is 0.867. The number of thiophene rings is 10. The zero-order valence-corrected chi connectivity index (χ0v) is 39.1. The van der Waals surface area contributed by atoms with Crippen molar-refractivity contribution in [2.75, 3.05) is 0 Å². The maximum Gasteiger partial charge on any atom is 0.0481 e. The summed E-state index contributed by atoms with van der Waals surface area (Å²) in [6.07, 6.45) is 2.11. The molecule has 0 nitrogen and oxygen atoms in total. The first kappa shape index (κ1) is 37.3. The molecule has 0 amide bonds. The van der Waals surface area contributed by atoms with Gasteiger partial charge in [-0.25, -0.2) is 0 Å². The molecule has 0 atom stereocenters. The highest BCUT2D eigenvalue weighted by atomic mass is 32.1. The van der Waals surface area contributed by atoms with E-state index in [0.717, 1.165) is 12.8 Å². The molecule has 0 saturated heterocycles. The maximum atomic E-state index is 2.45. The topological polar surface area (TPSA) is 0 Å². The van der Waals surface area contributed by atoms with Crippen molar-refractivity contribution in [1.29, 1.82) is 0 Å². The van der Waals surface area contributed by atoms with E-state index < -0.39 is 0 Å². The summed E-state index contributed by atoms with van der Waals surface area (Å²) in [5, 5.41) is 4.41. The molecule has 0 aliphatic carbocycles. The van der Waals surface area contributed by atoms with Crippen molar-refractivity contribution in [3.05, 3.63) is 130 Å². The van der Waals surface area contributed by atoms with E-state index >= 15 is 0 Å². The molecule has 10 aromatic rings. The second-order valence-corrected chi connectivity index (χ2v) is 23.9. The van der Waals surface area contributed by atoms with Gasteiger partial charge in [-0.1, -0.05) is 13.8 Å². The van der Waals surface area contributed by atoms with Gasteiger partial charge in [-0.15, -0.1) is 113 Å². The van der Waals surface area contributed by atoms with Gasteiger partial charge < -0.3 is 0 Å². The van der Waals surface area contributed by atoms with Crippen molar-refractivity contribution in [2.24, 2.45) is 0 Å². The largest absolute Gasteiger partial charge is 0.143 e. The number of rotatable bonds is 11. The summed E-state index contributed by atoms with van der Waals surface area (Å²) in [7, 11) is 0. The maximum absolute atomic E-state index is 2.45. The third-order valence-corrected chi connectivity index (χ3v) is 22.4. The molecule has 278 valence electrons. The van der Waals surface area contributed by atoms with Gasteiger partial charge in [0.25, 0.3) is 0 Å². The van der Waals surface area contributed by atoms with Crippen LogP contribution in [0.4, 0.5) is 0 Å². The van der Waals surface area contributed by atoms with Crippen molar-refractivity contribution in [3.63, 3.8) is 0 Å². The van der Waals surface area contributed by atoms with Crippen molar-refractivity contribution in [3.8, 4) is 87.8 Å². The van der Waals surface area contributed by atoms with E-state index in [0.29, 0.717) is 0 Å². The molecule has 0 spiro atoms. The van der Waals surface area contributed by atoms with Gasteiger partial charge in [0.1, 0.15) is 0 Å². The zero-order valence-electron chi connectivity index (χ0n) is 30.9. The molecule has 10 rings (SSSR count). The van der Waals surface area contributed by atoms with Crippen LogP contribution in [0.1, 0.15) is 36.1 Å². The van der Waals surface area contributed by atoms with Gasteiger partial charge >= 0.3 is 0 Å². The van der Waals surface area contributed by atoms with Crippen LogP contribution in [0.25, 0.3) is 87.8 Å². The van der Waals surface area contributed by atoms with Crippen LogP contribution in [0, 0.1) is 13.8 Å².